The minimum Gasteiger partial charge on any atom is -0.234 e. The fourth-order valence-electron chi connectivity index (χ4n) is 2.50. The lowest BCUT2D eigenvalue weighted by atomic mass is 10.1. The number of aryl methyl sites for hydroxylation is 1. The van der Waals surface area contributed by atoms with E-state index in [-0.39, 0.29) is 10.9 Å². The summed E-state index contributed by atoms with van der Waals surface area (Å²) < 4.78 is 30.6. The zero-order valence-electron chi connectivity index (χ0n) is 13.0. The maximum Gasteiger partial charge on any atom is 0.242 e. The first-order valence-corrected chi connectivity index (χ1v) is 11.1. The Kier molecular flexibility index (Phi) is 6.01. The summed E-state index contributed by atoms with van der Waals surface area (Å²) in [6.45, 7) is 1.91. The van der Waals surface area contributed by atoms with Gasteiger partial charge in [-0.2, -0.15) is 10.3 Å². The van der Waals surface area contributed by atoms with Gasteiger partial charge in [-0.05, 0) is 31.2 Å². The molecule has 6 nitrogen and oxygen atoms in total. The van der Waals surface area contributed by atoms with Crippen LogP contribution in [0.2, 0.25) is 0 Å². The van der Waals surface area contributed by atoms with Crippen molar-refractivity contribution in [2.24, 2.45) is 0 Å². The Balaban J connectivity index is 1.89. The van der Waals surface area contributed by atoms with Crippen LogP contribution in [0.3, 0.4) is 0 Å². The van der Waals surface area contributed by atoms with E-state index in [1.54, 1.807) is 24.3 Å². The topological polar surface area (TPSA) is 82.3 Å². The van der Waals surface area contributed by atoms with E-state index < -0.39 is 16.2 Å². The quantitative estimate of drug-likeness (QED) is 0.466. The fraction of sp³-hybridized carbons (Fsp3) is 0.200. The third kappa shape index (κ3) is 4.33. The molecule has 1 aliphatic rings. The molecule has 134 valence electrons. The molecule has 0 saturated carbocycles. The molecule has 0 aliphatic carbocycles. The van der Waals surface area contributed by atoms with Crippen molar-refractivity contribution in [3.05, 3.63) is 60.9 Å². The van der Waals surface area contributed by atoms with Gasteiger partial charge < -0.3 is 0 Å². The van der Waals surface area contributed by atoms with E-state index >= 15 is 0 Å². The number of hydrogen-bond donors (Lipinski definition) is 4. The Morgan fingerprint density at radius 2 is 1.60 bits per heavy atom. The second kappa shape index (κ2) is 7.73. The molecule has 0 bridgehead atoms. The monoisotopic (exact) mass is 552 g/mol. The summed E-state index contributed by atoms with van der Waals surface area (Å²) in [7, 11) is -3.67. The normalized spacial score (nSPS) is 20.8. The van der Waals surface area contributed by atoms with E-state index in [1.807, 2.05) is 19.1 Å². The number of nitrogens with one attached hydrogen (secondary N) is 4. The van der Waals surface area contributed by atoms with E-state index in [0.29, 0.717) is 0 Å². The molecule has 10 heteroatoms. The van der Waals surface area contributed by atoms with Crippen LogP contribution in [-0.4, -0.2) is 14.6 Å². The Bertz CT molecular complexity index is 867. The van der Waals surface area contributed by atoms with Crippen molar-refractivity contribution in [2.45, 2.75) is 24.0 Å². The predicted molar refractivity (Wildman–Crippen MR) is 107 cm³/mol. The average Bonchev–Trinajstić information content (AvgIpc) is 2.94. The second-order valence-corrected chi connectivity index (χ2v) is 9.92. The predicted octanol–water partition coefficient (Wildman–Crippen LogP) is 3.24. The second-order valence-electron chi connectivity index (χ2n) is 5.59. The van der Waals surface area contributed by atoms with Crippen LogP contribution >= 0.6 is 47.8 Å². The maximum atomic E-state index is 12.7. The van der Waals surface area contributed by atoms with E-state index in [0.717, 1.165) is 24.5 Å². The van der Waals surface area contributed by atoms with Gasteiger partial charge in [-0.3, -0.25) is 0 Å². The van der Waals surface area contributed by atoms with Gasteiger partial charge in [0.1, 0.15) is 6.17 Å². The number of rotatable bonds is 4. The standard InChI is InChI=1S/C15H15Br3N4O2S/c1-8-2-4-10(5-3-8)25(23,24)21-15-14(19-22-20-15)13-11(17)6-9(16)7-12(13)18/h2-7,14-15,19-22H,1H3. The van der Waals surface area contributed by atoms with Gasteiger partial charge in [0, 0.05) is 19.0 Å². The fourth-order valence-corrected chi connectivity index (χ4v) is 6.41. The zero-order valence-corrected chi connectivity index (χ0v) is 18.6. The molecule has 0 aromatic heterocycles. The van der Waals surface area contributed by atoms with Crippen molar-refractivity contribution in [1.29, 1.82) is 0 Å². The van der Waals surface area contributed by atoms with Crippen LogP contribution < -0.4 is 21.1 Å². The third-order valence-electron chi connectivity index (χ3n) is 3.76. The Labute approximate surface area is 171 Å². The summed E-state index contributed by atoms with van der Waals surface area (Å²) in [5, 5.41) is 0. The van der Waals surface area contributed by atoms with Crippen molar-refractivity contribution in [1.82, 2.24) is 21.1 Å². The number of halogens is 3. The zero-order chi connectivity index (χ0) is 18.2. The van der Waals surface area contributed by atoms with Crippen LogP contribution in [0.1, 0.15) is 17.2 Å². The van der Waals surface area contributed by atoms with E-state index in [1.165, 1.54) is 0 Å². The van der Waals surface area contributed by atoms with Crippen LogP contribution in [0.5, 0.6) is 0 Å². The lowest BCUT2D eigenvalue weighted by Crippen LogP contribution is -2.46. The van der Waals surface area contributed by atoms with Gasteiger partial charge in [-0.25, -0.2) is 19.3 Å². The molecule has 4 N–H and O–H groups in total. The van der Waals surface area contributed by atoms with E-state index in [9.17, 15) is 8.42 Å². The molecule has 0 radical (unpaired) electrons. The first-order chi connectivity index (χ1) is 11.8. The summed E-state index contributed by atoms with van der Waals surface area (Å²) >= 11 is 10.5. The maximum absolute atomic E-state index is 12.7. The Hall–Kier alpha value is -0.330. The number of hydrogen-bond acceptors (Lipinski definition) is 5. The van der Waals surface area contributed by atoms with Crippen LogP contribution in [0.15, 0.2) is 54.7 Å². The van der Waals surface area contributed by atoms with Crippen molar-refractivity contribution < 1.29 is 8.42 Å². The lowest BCUT2D eigenvalue weighted by molar-refractivity contribution is 0.481. The highest BCUT2D eigenvalue weighted by molar-refractivity contribution is 9.11. The summed E-state index contributed by atoms with van der Waals surface area (Å²) in [6, 6.07) is 10.2. The molecule has 1 fully saturated rings. The Morgan fingerprint density at radius 3 is 2.20 bits per heavy atom. The van der Waals surface area contributed by atoms with Gasteiger partial charge >= 0.3 is 0 Å². The number of benzene rings is 2. The van der Waals surface area contributed by atoms with E-state index in [2.05, 4.69) is 68.9 Å². The molecule has 1 aliphatic heterocycles. The van der Waals surface area contributed by atoms with Crippen molar-refractivity contribution in [2.75, 3.05) is 0 Å². The molecule has 25 heavy (non-hydrogen) atoms. The van der Waals surface area contributed by atoms with Gasteiger partial charge in [-0.15, -0.1) is 0 Å². The number of hydrazine groups is 2. The smallest absolute Gasteiger partial charge is 0.234 e. The molecule has 1 saturated heterocycles. The molecule has 2 aromatic carbocycles. The molecular formula is C15H15Br3N4O2S. The van der Waals surface area contributed by atoms with Gasteiger partial charge in [0.05, 0.1) is 10.9 Å². The summed E-state index contributed by atoms with van der Waals surface area (Å²) in [5.74, 6) is 0. The SMILES string of the molecule is Cc1ccc(S(=O)(=O)NC2NNNC2c2c(Br)cc(Br)cc2Br)cc1. The highest BCUT2D eigenvalue weighted by Gasteiger charge is 2.34. The molecule has 2 atom stereocenters. The van der Waals surface area contributed by atoms with Crippen LogP contribution in [0.4, 0.5) is 0 Å². The van der Waals surface area contributed by atoms with Crippen molar-refractivity contribution in [3.63, 3.8) is 0 Å². The number of sulfonamides is 1. The average molecular weight is 555 g/mol. The molecular weight excluding hydrogens is 540 g/mol. The lowest BCUT2D eigenvalue weighted by Gasteiger charge is -2.22. The first kappa shape index (κ1) is 19.4. The van der Waals surface area contributed by atoms with Crippen molar-refractivity contribution >= 4 is 57.8 Å². The third-order valence-corrected chi connectivity index (χ3v) is 6.98. The van der Waals surface area contributed by atoms with Gasteiger partial charge in [0.25, 0.3) is 0 Å². The molecule has 1 heterocycles. The Morgan fingerprint density at radius 1 is 1.00 bits per heavy atom. The van der Waals surface area contributed by atoms with Crippen LogP contribution in [-0.2, 0) is 10.0 Å². The largest absolute Gasteiger partial charge is 0.242 e. The molecule has 0 spiro atoms. The van der Waals surface area contributed by atoms with Crippen molar-refractivity contribution in [3.8, 4) is 0 Å². The van der Waals surface area contributed by atoms with Gasteiger partial charge in [-0.1, -0.05) is 65.5 Å². The molecule has 2 unspecified atom stereocenters. The van der Waals surface area contributed by atoms with Gasteiger partial charge in [0.15, 0.2) is 0 Å². The summed E-state index contributed by atoms with van der Waals surface area (Å²) in [5.41, 5.74) is 10.6. The van der Waals surface area contributed by atoms with E-state index in [4.69, 9.17) is 0 Å². The van der Waals surface area contributed by atoms with Gasteiger partial charge in [0.2, 0.25) is 10.0 Å². The summed E-state index contributed by atoms with van der Waals surface area (Å²) in [4.78, 5) is 0.222. The molecule has 0 amide bonds. The molecule has 3 rings (SSSR count). The highest BCUT2D eigenvalue weighted by Crippen LogP contribution is 2.36. The van der Waals surface area contributed by atoms with Crippen LogP contribution in [0.25, 0.3) is 0 Å². The molecule has 2 aromatic rings. The summed E-state index contributed by atoms with van der Waals surface area (Å²) in [6.07, 6.45) is -0.583. The van der Waals surface area contributed by atoms with Crippen LogP contribution in [0, 0.1) is 6.92 Å². The minimum atomic E-state index is -3.67. The first-order valence-electron chi connectivity index (χ1n) is 7.27. The highest BCUT2D eigenvalue weighted by atomic mass is 79.9. The minimum absolute atomic E-state index is 0.222.